The Hall–Kier alpha value is -2.76. The van der Waals surface area contributed by atoms with E-state index in [-0.39, 0.29) is 11.6 Å². The van der Waals surface area contributed by atoms with Crippen molar-refractivity contribution in [1.29, 1.82) is 0 Å². The zero-order valence-corrected chi connectivity index (χ0v) is 15.9. The number of nitrogens with zero attached hydrogens (tertiary/aromatic N) is 1. The van der Waals surface area contributed by atoms with Crippen LogP contribution in [0.3, 0.4) is 0 Å². The van der Waals surface area contributed by atoms with Gasteiger partial charge in [-0.3, -0.25) is 0 Å². The molecule has 1 heterocycles. The maximum absolute atomic E-state index is 12.2. The van der Waals surface area contributed by atoms with Crippen LogP contribution in [0.4, 0.5) is 0 Å². The SMILES string of the molecule is C=CCOc1ccc(/C=C2\N=C(c3ccc(Cl)cc3Cl)OC2=O)cc1OC. The number of rotatable bonds is 6. The molecular formula is C20H15Cl2NO4. The highest BCUT2D eigenvalue weighted by molar-refractivity contribution is 6.37. The topological polar surface area (TPSA) is 57.1 Å². The predicted octanol–water partition coefficient (Wildman–Crippen LogP) is 4.91. The lowest BCUT2D eigenvalue weighted by Crippen LogP contribution is -2.05. The largest absolute Gasteiger partial charge is 0.493 e. The number of ether oxygens (including phenoxy) is 3. The van der Waals surface area contributed by atoms with E-state index in [4.69, 9.17) is 37.4 Å². The Morgan fingerprint density at radius 1 is 1.19 bits per heavy atom. The van der Waals surface area contributed by atoms with E-state index < -0.39 is 5.97 Å². The van der Waals surface area contributed by atoms with E-state index >= 15 is 0 Å². The first-order valence-corrected chi connectivity index (χ1v) is 8.67. The summed E-state index contributed by atoms with van der Waals surface area (Å²) in [7, 11) is 1.54. The number of hydrogen-bond acceptors (Lipinski definition) is 5. The number of carbonyl (C=O) groups excluding carboxylic acids is 1. The highest BCUT2D eigenvalue weighted by Crippen LogP contribution is 2.30. The lowest BCUT2D eigenvalue weighted by Gasteiger charge is -2.09. The van der Waals surface area contributed by atoms with Crippen LogP contribution in [0.15, 0.2) is 59.7 Å². The van der Waals surface area contributed by atoms with Gasteiger partial charge in [-0.2, -0.15) is 0 Å². The first-order chi connectivity index (χ1) is 13.0. The molecule has 0 saturated heterocycles. The first kappa shape index (κ1) is 19.0. The number of aliphatic imine (C=N–C) groups is 1. The number of cyclic esters (lactones) is 1. The van der Waals surface area contributed by atoms with Crippen molar-refractivity contribution in [3.63, 3.8) is 0 Å². The fourth-order valence-electron chi connectivity index (χ4n) is 2.39. The van der Waals surface area contributed by atoms with Gasteiger partial charge in [-0.05, 0) is 42.0 Å². The van der Waals surface area contributed by atoms with Crippen LogP contribution in [0, 0.1) is 0 Å². The Bertz CT molecular complexity index is 966. The standard InChI is InChI=1S/C20H15Cl2NO4/c1-3-8-26-17-7-4-12(10-18(17)25-2)9-16-20(24)27-19(23-16)14-6-5-13(21)11-15(14)22/h3-7,9-11H,1,8H2,2H3/b16-9-. The van der Waals surface area contributed by atoms with Gasteiger partial charge in [-0.15, -0.1) is 0 Å². The molecule has 5 nitrogen and oxygen atoms in total. The lowest BCUT2D eigenvalue weighted by atomic mass is 10.1. The van der Waals surface area contributed by atoms with Crippen LogP contribution in [-0.2, 0) is 9.53 Å². The molecule has 0 spiro atoms. The smallest absolute Gasteiger partial charge is 0.363 e. The second-order valence-corrected chi connectivity index (χ2v) is 6.31. The monoisotopic (exact) mass is 403 g/mol. The molecule has 0 N–H and O–H groups in total. The molecule has 0 amide bonds. The van der Waals surface area contributed by atoms with E-state index in [0.29, 0.717) is 39.3 Å². The molecule has 0 aromatic heterocycles. The minimum absolute atomic E-state index is 0.130. The second kappa shape index (κ2) is 8.29. The number of carbonyl (C=O) groups is 1. The average molecular weight is 404 g/mol. The van der Waals surface area contributed by atoms with Crippen LogP contribution < -0.4 is 9.47 Å². The summed E-state index contributed by atoms with van der Waals surface area (Å²) < 4.78 is 16.1. The van der Waals surface area contributed by atoms with Crippen LogP contribution in [0.5, 0.6) is 11.5 Å². The van der Waals surface area contributed by atoms with Gasteiger partial charge in [0.15, 0.2) is 17.2 Å². The van der Waals surface area contributed by atoms with Crippen LogP contribution in [0.2, 0.25) is 10.0 Å². The van der Waals surface area contributed by atoms with Gasteiger partial charge < -0.3 is 14.2 Å². The van der Waals surface area contributed by atoms with Gasteiger partial charge in [0.25, 0.3) is 0 Å². The minimum Gasteiger partial charge on any atom is -0.493 e. The van der Waals surface area contributed by atoms with Crippen molar-refractivity contribution in [2.24, 2.45) is 4.99 Å². The minimum atomic E-state index is -0.568. The van der Waals surface area contributed by atoms with E-state index in [1.54, 1.807) is 48.6 Å². The van der Waals surface area contributed by atoms with Crippen LogP contribution >= 0.6 is 23.2 Å². The number of esters is 1. The quantitative estimate of drug-likeness (QED) is 0.390. The zero-order valence-electron chi connectivity index (χ0n) is 14.4. The Morgan fingerprint density at radius 3 is 2.70 bits per heavy atom. The van der Waals surface area contributed by atoms with Crippen molar-refractivity contribution in [3.8, 4) is 11.5 Å². The molecule has 0 bridgehead atoms. The lowest BCUT2D eigenvalue weighted by molar-refractivity contribution is -0.129. The molecule has 1 aliphatic rings. The first-order valence-electron chi connectivity index (χ1n) is 7.91. The van der Waals surface area contributed by atoms with Crippen molar-refractivity contribution in [3.05, 3.63) is 75.9 Å². The second-order valence-electron chi connectivity index (χ2n) is 5.47. The van der Waals surface area contributed by atoms with E-state index in [2.05, 4.69) is 11.6 Å². The Morgan fingerprint density at radius 2 is 2.00 bits per heavy atom. The summed E-state index contributed by atoms with van der Waals surface area (Å²) >= 11 is 12.0. The highest BCUT2D eigenvalue weighted by atomic mass is 35.5. The number of methoxy groups -OCH3 is 1. The number of benzene rings is 2. The molecule has 2 aromatic carbocycles. The Balaban J connectivity index is 1.91. The van der Waals surface area contributed by atoms with Crippen LogP contribution in [0.25, 0.3) is 6.08 Å². The van der Waals surface area contributed by atoms with Gasteiger partial charge in [-0.25, -0.2) is 9.79 Å². The van der Waals surface area contributed by atoms with Crippen molar-refractivity contribution >= 4 is 41.1 Å². The summed E-state index contributed by atoms with van der Waals surface area (Å²) in [6.07, 6.45) is 3.24. The summed E-state index contributed by atoms with van der Waals surface area (Å²) in [5.74, 6) is 0.668. The van der Waals surface area contributed by atoms with Crippen molar-refractivity contribution in [2.75, 3.05) is 13.7 Å². The van der Waals surface area contributed by atoms with E-state index in [9.17, 15) is 4.79 Å². The normalized spacial score (nSPS) is 14.7. The molecular weight excluding hydrogens is 389 g/mol. The van der Waals surface area contributed by atoms with Crippen molar-refractivity contribution < 1.29 is 19.0 Å². The molecule has 0 fully saturated rings. The van der Waals surface area contributed by atoms with Crippen LogP contribution in [-0.4, -0.2) is 25.6 Å². The fourth-order valence-corrected chi connectivity index (χ4v) is 2.88. The summed E-state index contributed by atoms with van der Waals surface area (Å²) in [4.78, 5) is 16.4. The fraction of sp³-hybridized carbons (Fsp3) is 0.100. The van der Waals surface area contributed by atoms with Gasteiger partial charge in [0, 0.05) is 5.02 Å². The highest BCUT2D eigenvalue weighted by Gasteiger charge is 2.25. The molecule has 3 rings (SSSR count). The molecule has 0 atom stereocenters. The van der Waals surface area contributed by atoms with E-state index in [1.165, 1.54) is 7.11 Å². The summed E-state index contributed by atoms with van der Waals surface area (Å²) in [5, 5.41) is 0.830. The predicted molar refractivity (Wildman–Crippen MR) is 106 cm³/mol. The molecule has 0 aliphatic carbocycles. The molecule has 2 aromatic rings. The molecule has 0 unspecified atom stereocenters. The number of halogens is 2. The summed E-state index contributed by atoms with van der Waals surface area (Å²) in [6, 6.07) is 10.1. The third-order valence-corrected chi connectivity index (χ3v) is 4.18. The van der Waals surface area contributed by atoms with Gasteiger partial charge in [0.1, 0.15) is 6.61 Å². The number of hydrogen-bond donors (Lipinski definition) is 0. The molecule has 0 radical (unpaired) electrons. The van der Waals surface area contributed by atoms with Gasteiger partial charge in [0.2, 0.25) is 5.90 Å². The van der Waals surface area contributed by atoms with E-state index in [0.717, 1.165) is 0 Å². The van der Waals surface area contributed by atoms with Crippen molar-refractivity contribution in [2.45, 2.75) is 0 Å². The van der Waals surface area contributed by atoms with Crippen LogP contribution in [0.1, 0.15) is 11.1 Å². The third kappa shape index (κ3) is 4.32. The van der Waals surface area contributed by atoms with Crippen molar-refractivity contribution in [1.82, 2.24) is 0 Å². The van der Waals surface area contributed by atoms with Gasteiger partial charge in [-0.1, -0.05) is 41.9 Å². The van der Waals surface area contributed by atoms with E-state index in [1.807, 2.05) is 0 Å². The summed E-state index contributed by atoms with van der Waals surface area (Å²) in [5.41, 5.74) is 1.35. The Kier molecular flexibility index (Phi) is 5.84. The molecule has 0 saturated carbocycles. The maximum atomic E-state index is 12.2. The van der Waals surface area contributed by atoms with Gasteiger partial charge >= 0.3 is 5.97 Å². The maximum Gasteiger partial charge on any atom is 0.363 e. The van der Waals surface area contributed by atoms with Gasteiger partial charge in [0.05, 0.1) is 17.7 Å². The third-order valence-electron chi connectivity index (χ3n) is 3.63. The molecule has 7 heteroatoms. The molecule has 27 heavy (non-hydrogen) atoms. The average Bonchev–Trinajstić information content (AvgIpc) is 3.00. The molecule has 1 aliphatic heterocycles. The Labute approximate surface area is 166 Å². The molecule has 138 valence electrons. The summed E-state index contributed by atoms with van der Waals surface area (Å²) in [6.45, 7) is 3.97. The zero-order chi connectivity index (χ0) is 19.4.